The number of rotatable bonds is 2. The first-order chi connectivity index (χ1) is 7.59. The van der Waals surface area contributed by atoms with Gasteiger partial charge in [0.15, 0.2) is 5.22 Å². The highest BCUT2D eigenvalue weighted by atomic mass is 35.5. The van der Waals surface area contributed by atoms with Gasteiger partial charge in [-0.1, -0.05) is 35.3 Å². The maximum Gasteiger partial charge on any atom is 0.193 e. The number of halogens is 3. The van der Waals surface area contributed by atoms with Crippen LogP contribution >= 0.6 is 34.8 Å². The molecule has 0 saturated carbocycles. The minimum Gasteiger partial charge on any atom is -0.447 e. The van der Waals surface area contributed by atoms with Crippen LogP contribution in [0.2, 0.25) is 15.3 Å². The maximum atomic E-state index is 10.0. The van der Waals surface area contributed by atoms with E-state index < -0.39 is 6.10 Å². The fourth-order valence-corrected chi connectivity index (χ4v) is 1.92. The molecule has 0 bridgehead atoms. The SMILES string of the molecule is OC(c1ccc(Cl)o1)c1cccc(Cl)c1Cl. The van der Waals surface area contributed by atoms with E-state index in [9.17, 15) is 5.11 Å². The molecule has 0 radical (unpaired) electrons. The molecule has 1 unspecified atom stereocenters. The van der Waals surface area contributed by atoms with E-state index >= 15 is 0 Å². The minimum atomic E-state index is -0.973. The lowest BCUT2D eigenvalue weighted by Crippen LogP contribution is -1.98. The van der Waals surface area contributed by atoms with E-state index in [1.54, 1.807) is 30.3 Å². The summed E-state index contributed by atoms with van der Waals surface area (Å²) >= 11 is 17.5. The van der Waals surface area contributed by atoms with Crippen molar-refractivity contribution >= 4 is 34.8 Å². The lowest BCUT2D eigenvalue weighted by Gasteiger charge is -2.10. The van der Waals surface area contributed by atoms with Gasteiger partial charge < -0.3 is 9.52 Å². The molecule has 5 heteroatoms. The molecule has 0 saturated heterocycles. The molecule has 0 spiro atoms. The van der Waals surface area contributed by atoms with Gasteiger partial charge in [-0.25, -0.2) is 0 Å². The van der Waals surface area contributed by atoms with Crippen LogP contribution in [0.5, 0.6) is 0 Å². The Kier molecular flexibility index (Phi) is 3.45. The number of hydrogen-bond acceptors (Lipinski definition) is 2. The molecule has 1 atom stereocenters. The molecule has 1 N–H and O–H groups in total. The lowest BCUT2D eigenvalue weighted by molar-refractivity contribution is 0.189. The van der Waals surface area contributed by atoms with Crippen LogP contribution < -0.4 is 0 Å². The van der Waals surface area contributed by atoms with Gasteiger partial charge in [-0.15, -0.1) is 0 Å². The molecule has 2 nitrogen and oxygen atoms in total. The lowest BCUT2D eigenvalue weighted by atomic mass is 10.1. The molecule has 0 amide bonds. The Morgan fingerprint density at radius 2 is 1.81 bits per heavy atom. The Morgan fingerprint density at radius 1 is 1.06 bits per heavy atom. The van der Waals surface area contributed by atoms with Gasteiger partial charge in [0.2, 0.25) is 0 Å². The van der Waals surface area contributed by atoms with Gasteiger partial charge in [0, 0.05) is 5.56 Å². The van der Waals surface area contributed by atoms with Crippen molar-refractivity contribution in [3.8, 4) is 0 Å². The largest absolute Gasteiger partial charge is 0.447 e. The van der Waals surface area contributed by atoms with Gasteiger partial charge in [-0.3, -0.25) is 0 Å². The summed E-state index contributed by atoms with van der Waals surface area (Å²) in [6.45, 7) is 0. The highest BCUT2D eigenvalue weighted by Gasteiger charge is 2.18. The van der Waals surface area contributed by atoms with Gasteiger partial charge in [0.05, 0.1) is 10.0 Å². The molecule has 0 aliphatic carbocycles. The first-order valence-electron chi connectivity index (χ1n) is 4.47. The molecule has 1 aromatic heterocycles. The van der Waals surface area contributed by atoms with Crippen LogP contribution in [0.1, 0.15) is 17.4 Å². The van der Waals surface area contributed by atoms with Crippen molar-refractivity contribution < 1.29 is 9.52 Å². The van der Waals surface area contributed by atoms with Crippen LogP contribution in [0.15, 0.2) is 34.7 Å². The van der Waals surface area contributed by atoms with Gasteiger partial charge in [-0.2, -0.15) is 0 Å². The predicted molar refractivity (Wildman–Crippen MR) is 64.2 cm³/mol. The van der Waals surface area contributed by atoms with Gasteiger partial charge in [-0.05, 0) is 29.8 Å². The molecule has 0 aliphatic heterocycles. The number of aliphatic hydroxyl groups excluding tert-OH is 1. The molecule has 0 aliphatic rings. The van der Waals surface area contributed by atoms with Gasteiger partial charge in [0.25, 0.3) is 0 Å². The Labute approximate surface area is 107 Å². The van der Waals surface area contributed by atoms with Crippen molar-refractivity contribution in [1.82, 2.24) is 0 Å². The van der Waals surface area contributed by atoms with E-state index in [0.717, 1.165) is 0 Å². The Balaban J connectivity index is 2.41. The third-order valence-corrected chi connectivity index (χ3v) is 3.18. The van der Waals surface area contributed by atoms with Crippen molar-refractivity contribution in [3.05, 3.63) is 56.9 Å². The topological polar surface area (TPSA) is 33.4 Å². The van der Waals surface area contributed by atoms with Gasteiger partial charge >= 0.3 is 0 Å². The van der Waals surface area contributed by atoms with Crippen LogP contribution in [-0.4, -0.2) is 5.11 Å². The first-order valence-corrected chi connectivity index (χ1v) is 5.60. The van der Waals surface area contributed by atoms with Crippen molar-refractivity contribution in [2.24, 2.45) is 0 Å². The van der Waals surface area contributed by atoms with E-state index in [0.29, 0.717) is 21.4 Å². The summed E-state index contributed by atoms with van der Waals surface area (Å²) in [5, 5.41) is 10.9. The zero-order valence-electron chi connectivity index (χ0n) is 7.95. The molecular weight excluding hydrogens is 270 g/mol. The van der Waals surface area contributed by atoms with Crippen LogP contribution in [0, 0.1) is 0 Å². The monoisotopic (exact) mass is 276 g/mol. The second-order valence-corrected chi connectivity index (χ2v) is 4.35. The average Bonchev–Trinajstić information content (AvgIpc) is 2.68. The van der Waals surface area contributed by atoms with Crippen LogP contribution in [0.3, 0.4) is 0 Å². The second-order valence-electron chi connectivity index (χ2n) is 3.19. The number of aliphatic hydroxyl groups is 1. The molecular formula is C11H7Cl3O2. The molecule has 1 aromatic carbocycles. The maximum absolute atomic E-state index is 10.0. The normalized spacial score (nSPS) is 12.8. The van der Waals surface area contributed by atoms with E-state index in [1.165, 1.54) is 0 Å². The second kappa shape index (κ2) is 4.68. The first kappa shape index (κ1) is 11.8. The van der Waals surface area contributed by atoms with E-state index in [4.69, 9.17) is 39.2 Å². The highest BCUT2D eigenvalue weighted by Crippen LogP contribution is 2.34. The quantitative estimate of drug-likeness (QED) is 0.887. The minimum absolute atomic E-state index is 0.215. The standard InChI is InChI=1S/C11H7Cl3O2/c12-7-3-1-2-6(10(7)14)11(15)8-4-5-9(13)16-8/h1-5,11,15H. The number of benzene rings is 1. The van der Waals surface area contributed by atoms with Gasteiger partial charge in [0.1, 0.15) is 11.9 Å². The summed E-state index contributed by atoms with van der Waals surface area (Å²) in [6.07, 6.45) is -0.973. The zero-order valence-corrected chi connectivity index (χ0v) is 10.2. The molecule has 2 rings (SSSR count). The molecule has 84 valence electrons. The van der Waals surface area contributed by atoms with E-state index in [-0.39, 0.29) is 5.22 Å². The van der Waals surface area contributed by atoms with E-state index in [2.05, 4.69) is 0 Å². The Morgan fingerprint density at radius 3 is 2.44 bits per heavy atom. The van der Waals surface area contributed by atoms with Crippen molar-refractivity contribution in [2.75, 3.05) is 0 Å². The number of furan rings is 1. The molecule has 2 aromatic rings. The van der Waals surface area contributed by atoms with Crippen molar-refractivity contribution in [1.29, 1.82) is 0 Å². The third-order valence-electron chi connectivity index (χ3n) is 2.14. The summed E-state index contributed by atoms with van der Waals surface area (Å²) in [5.41, 5.74) is 0.486. The van der Waals surface area contributed by atoms with Crippen LogP contribution in [-0.2, 0) is 0 Å². The Bertz CT molecular complexity index is 508. The predicted octanol–water partition coefficient (Wildman–Crippen LogP) is 4.32. The average molecular weight is 278 g/mol. The summed E-state index contributed by atoms with van der Waals surface area (Å²) < 4.78 is 5.11. The molecule has 1 heterocycles. The highest BCUT2D eigenvalue weighted by molar-refractivity contribution is 6.42. The Hall–Kier alpha value is -0.670. The fraction of sp³-hybridized carbons (Fsp3) is 0.0909. The summed E-state index contributed by atoms with van der Waals surface area (Å²) in [4.78, 5) is 0. The zero-order chi connectivity index (χ0) is 11.7. The molecule has 16 heavy (non-hydrogen) atoms. The summed E-state index contributed by atoms with van der Waals surface area (Å²) in [7, 11) is 0. The fourth-order valence-electron chi connectivity index (χ4n) is 1.36. The summed E-state index contributed by atoms with van der Waals surface area (Å²) in [6, 6.07) is 8.17. The number of hydrogen-bond donors (Lipinski definition) is 1. The third kappa shape index (κ3) is 2.20. The van der Waals surface area contributed by atoms with Crippen molar-refractivity contribution in [3.63, 3.8) is 0 Å². The van der Waals surface area contributed by atoms with E-state index in [1.807, 2.05) is 0 Å². The smallest absolute Gasteiger partial charge is 0.193 e. The van der Waals surface area contributed by atoms with Crippen LogP contribution in [0.25, 0.3) is 0 Å². The van der Waals surface area contributed by atoms with Crippen LogP contribution in [0.4, 0.5) is 0 Å². The summed E-state index contributed by atoms with van der Waals surface area (Å²) in [5.74, 6) is 0.328. The molecule has 0 fully saturated rings. The van der Waals surface area contributed by atoms with Crippen molar-refractivity contribution in [2.45, 2.75) is 6.10 Å².